The molecule has 1 fully saturated rings. The Morgan fingerprint density at radius 3 is 2.46 bits per heavy atom. The predicted octanol–water partition coefficient (Wildman–Crippen LogP) is 6.30. The van der Waals surface area contributed by atoms with Crippen molar-refractivity contribution in [3.05, 3.63) is 124 Å². The number of carbonyl (C=O) groups is 1. The molecule has 2 heterocycles. The molecule has 0 bridgehead atoms. The molecule has 0 aliphatic carbocycles. The molecule has 1 N–H and O–H groups in total. The van der Waals surface area contributed by atoms with Crippen LogP contribution in [0.4, 0.5) is 0 Å². The van der Waals surface area contributed by atoms with E-state index in [-0.39, 0.29) is 11.9 Å². The summed E-state index contributed by atoms with van der Waals surface area (Å²) in [5.41, 5.74) is 4.77. The van der Waals surface area contributed by atoms with Gasteiger partial charge in [-0.3, -0.25) is 4.79 Å². The van der Waals surface area contributed by atoms with E-state index in [1.807, 2.05) is 96.8 Å². The number of ether oxygens (including phenoxy) is 1. The van der Waals surface area contributed by atoms with Crippen LogP contribution in [-0.2, 0) is 6.42 Å². The number of aryl methyl sites for hydroxylation is 1. The van der Waals surface area contributed by atoms with E-state index in [2.05, 4.69) is 56.4 Å². The van der Waals surface area contributed by atoms with E-state index in [1.165, 1.54) is 5.56 Å². The van der Waals surface area contributed by atoms with Crippen LogP contribution in [-0.4, -0.2) is 51.5 Å². The zero-order valence-corrected chi connectivity index (χ0v) is 24.9. The fraction of sp³-hybridized carbons (Fsp3) is 0.182. The van der Waals surface area contributed by atoms with E-state index in [0.717, 1.165) is 40.0 Å². The highest BCUT2D eigenvalue weighted by Crippen LogP contribution is 2.34. The highest BCUT2D eigenvalue weighted by Gasteiger charge is 2.32. The summed E-state index contributed by atoms with van der Waals surface area (Å²) < 4.78 is 9.29. The van der Waals surface area contributed by atoms with E-state index < -0.39 is 0 Å². The maximum absolute atomic E-state index is 14.2. The van der Waals surface area contributed by atoms with Gasteiger partial charge in [0.1, 0.15) is 17.1 Å². The van der Waals surface area contributed by atoms with Crippen LogP contribution in [0.25, 0.3) is 16.9 Å². The summed E-state index contributed by atoms with van der Waals surface area (Å²) in [5, 5.41) is 12.5. The molecule has 1 unspecified atom stereocenters. The number of benzene rings is 4. The smallest absolute Gasteiger partial charge is 0.277 e. The standard InChI is InChI=1S/C33H30IN5O2/c1-23-20-26(34)16-17-29(23)41-30-15-9-8-14-28(30)39-32(25-12-6-3-7-13-25)31(36-37-39)33(40)38-19-18-35-22-27(38)21-24-10-4-2-5-11-24/h2-17,20,27,35H,18-19,21-22H2,1H3. The molecule has 41 heavy (non-hydrogen) atoms. The highest BCUT2D eigenvalue weighted by molar-refractivity contribution is 14.1. The number of piperazine rings is 1. The van der Waals surface area contributed by atoms with Crippen molar-refractivity contribution in [1.29, 1.82) is 0 Å². The molecule has 8 heteroatoms. The number of halogens is 1. The molecule has 4 aromatic carbocycles. The molecule has 1 aromatic heterocycles. The summed E-state index contributed by atoms with van der Waals surface area (Å²) in [4.78, 5) is 16.2. The van der Waals surface area contributed by atoms with Crippen LogP contribution in [0.15, 0.2) is 103 Å². The molecule has 1 aliphatic rings. The van der Waals surface area contributed by atoms with Crippen LogP contribution in [0, 0.1) is 10.5 Å². The van der Waals surface area contributed by atoms with Crippen molar-refractivity contribution in [2.24, 2.45) is 0 Å². The first kappa shape index (κ1) is 27.2. The zero-order valence-electron chi connectivity index (χ0n) is 22.7. The Kier molecular flexibility index (Phi) is 8.11. The van der Waals surface area contributed by atoms with Gasteiger partial charge < -0.3 is 15.0 Å². The Bertz CT molecular complexity index is 1660. The number of rotatable bonds is 7. The second kappa shape index (κ2) is 12.2. The van der Waals surface area contributed by atoms with Crippen molar-refractivity contribution in [1.82, 2.24) is 25.2 Å². The van der Waals surface area contributed by atoms with Gasteiger partial charge in [0.25, 0.3) is 5.91 Å². The van der Waals surface area contributed by atoms with Gasteiger partial charge in [0.2, 0.25) is 0 Å². The Morgan fingerprint density at radius 1 is 0.951 bits per heavy atom. The molecule has 5 aromatic rings. The highest BCUT2D eigenvalue weighted by atomic mass is 127. The molecular weight excluding hydrogens is 625 g/mol. The molecule has 7 nitrogen and oxygen atoms in total. The van der Waals surface area contributed by atoms with Gasteiger partial charge in [0.15, 0.2) is 11.4 Å². The second-order valence-corrected chi connectivity index (χ2v) is 11.3. The third-order valence-electron chi connectivity index (χ3n) is 7.30. The lowest BCUT2D eigenvalue weighted by Crippen LogP contribution is -2.54. The molecule has 6 rings (SSSR count). The minimum Gasteiger partial charge on any atom is -0.455 e. The van der Waals surface area contributed by atoms with E-state index in [0.29, 0.717) is 29.4 Å². The normalized spacial score (nSPS) is 15.1. The van der Waals surface area contributed by atoms with Crippen molar-refractivity contribution in [2.45, 2.75) is 19.4 Å². The van der Waals surface area contributed by atoms with E-state index in [9.17, 15) is 4.79 Å². The van der Waals surface area contributed by atoms with Gasteiger partial charge in [-0.2, -0.15) is 0 Å². The molecule has 0 radical (unpaired) electrons. The van der Waals surface area contributed by atoms with Gasteiger partial charge in [-0.1, -0.05) is 78.0 Å². The number of para-hydroxylation sites is 2. The maximum atomic E-state index is 14.2. The average molecular weight is 656 g/mol. The molecule has 0 spiro atoms. The Hall–Kier alpha value is -4.02. The first-order chi connectivity index (χ1) is 20.1. The third-order valence-corrected chi connectivity index (χ3v) is 7.97. The van der Waals surface area contributed by atoms with E-state index in [1.54, 1.807) is 4.68 Å². The molecular formula is C33H30IN5O2. The minimum absolute atomic E-state index is 0.00638. The van der Waals surface area contributed by atoms with Gasteiger partial charge in [0.05, 0.1) is 0 Å². The average Bonchev–Trinajstić information content (AvgIpc) is 3.45. The van der Waals surface area contributed by atoms with Crippen LogP contribution in [0.5, 0.6) is 11.5 Å². The quantitative estimate of drug-likeness (QED) is 0.209. The van der Waals surface area contributed by atoms with Crippen molar-refractivity contribution >= 4 is 28.5 Å². The number of amides is 1. The Morgan fingerprint density at radius 2 is 1.68 bits per heavy atom. The van der Waals surface area contributed by atoms with Crippen molar-refractivity contribution in [2.75, 3.05) is 19.6 Å². The summed E-state index contributed by atoms with van der Waals surface area (Å²) in [6.45, 7) is 4.09. The molecule has 1 atom stereocenters. The zero-order chi connectivity index (χ0) is 28.2. The summed E-state index contributed by atoms with van der Waals surface area (Å²) in [6.07, 6.45) is 0.764. The predicted molar refractivity (Wildman–Crippen MR) is 169 cm³/mol. The summed E-state index contributed by atoms with van der Waals surface area (Å²) in [7, 11) is 0. The second-order valence-electron chi connectivity index (χ2n) is 10.1. The van der Waals surface area contributed by atoms with Gasteiger partial charge in [-0.15, -0.1) is 5.10 Å². The van der Waals surface area contributed by atoms with Crippen molar-refractivity contribution < 1.29 is 9.53 Å². The number of carbonyl (C=O) groups excluding carboxylic acids is 1. The number of hydrogen-bond acceptors (Lipinski definition) is 5. The first-order valence-electron chi connectivity index (χ1n) is 13.7. The lowest BCUT2D eigenvalue weighted by atomic mass is 10.0. The number of nitrogens with one attached hydrogen (secondary N) is 1. The molecule has 1 amide bonds. The van der Waals surface area contributed by atoms with Gasteiger partial charge in [-0.25, -0.2) is 4.68 Å². The fourth-order valence-electron chi connectivity index (χ4n) is 5.25. The van der Waals surface area contributed by atoms with Gasteiger partial charge in [0, 0.05) is 34.8 Å². The van der Waals surface area contributed by atoms with Crippen molar-refractivity contribution in [3.8, 4) is 28.4 Å². The van der Waals surface area contributed by atoms with Crippen LogP contribution in [0.2, 0.25) is 0 Å². The molecule has 0 saturated carbocycles. The van der Waals surface area contributed by atoms with E-state index >= 15 is 0 Å². The Balaban J connectivity index is 1.41. The van der Waals surface area contributed by atoms with Crippen LogP contribution >= 0.6 is 22.6 Å². The van der Waals surface area contributed by atoms with Crippen LogP contribution in [0.1, 0.15) is 21.6 Å². The lowest BCUT2D eigenvalue weighted by molar-refractivity contribution is 0.0630. The van der Waals surface area contributed by atoms with Crippen LogP contribution in [0.3, 0.4) is 0 Å². The Labute approximate surface area is 253 Å². The summed E-state index contributed by atoms with van der Waals surface area (Å²) >= 11 is 2.30. The topological polar surface area (TPSA) is 72.3 Å². The van der Waals surface area contributed by atoms with Gasteiger partial charge in [-0.05, 0) is 77.4 Å². The van der Waals surface area contributed by atoms with E-state index in [4.69, 9.17) is 4.74 Å². The SMILES string of the molecule is Cc1cc(I)ccc1Oc1ccccc1-n1nnc(C(=O)N2CCNCC2Cc2ccccc2)c1-c1ccccc1. The third kappa shape index (κ3) is 5.89. The van der Waals surface area contributed by atoms with Crippen LogP contribution < -0.4 is 10.1 Å². The lowest BCUT2D eigenvalue weighted by Gasteiger charge is -2.36. The largest absolute Gasteiger partial charge is 0.455 e. The number of aromatic nitrogens is 3. The molecule has 1 saturated heterocycles. The number of nitrogens with zero attached hydrogens (tertiary/aromatic N) is 4. The first-order valence-corrected chi connectivity index (χ1v) is 14.8. The van der Waals surface area contributed by atoms with Crippen molar-refractivity contribution in [3.63, 3.8) is 0 Å². The minimum atomic E-state index is -0.121. The fourth-order valence-corrected chi connectivity index (χ4v) is 5.89. The summed E-state index contributed by atoms with van der Waals surface area (Å²) in [6, 6.07) is 33.9. The van der Waals surface area contributed by atoms with Gasteiger partial charge >= 0.3 is 0 Å². The molecule has 206 valence electrons. The molecule has 1 aliphatic heterocycles. The monoisotopic (exact) mass is 655 g/mol. The summed E-state index contributed by atoms with van der Waals surface area (Å²) in [5.74, 6) is 1.27. The number of hydrogen-bond donors (Lipinski definition) is 1. The maximum Gasteiger partial charge on any atom is 0.277 e.